The van der Waals surface area contributed by atoms with Crippen LogP contribution in [-0.2, 0) is 10.2 Å². The Labute approximate surface area is 123 Å². The van der Waals surface area contributed by atoms with Crippen molar-refractivity contribution in [3.05, 3.63) is 27.4 Å². The molecule has 0 spiro atoms. The second-order valence-electron chi connectivity index (χ2n) is 6.06. The monoisotopic (exact) mass is 295 g/mol. The molecule has 116 valence electrons. The number of aromatic nitrogens is 2. The van der Waals surface area contributed by atoms with Crippen LogP contribution in [0.2, 0.25) is 0 Å². The molecule has 1 aromatic heterocycles. The summed E-state index contributed by atoms with van der Waals surface area (Å²) in [5, 5.41) is 8.94. The van der Waals surface area contributed by atoms with Gasteiger partial charge in [-0.2, -0.15) is 0 Å². The van der Waals surface area contributed by atoms with Crippen LogP contribution in [0.15, 0.2) is 4.79 Å². The van der Waals surface area contributed by atoms with Crippen LogP contribution in [0.25, 0.3) is 0 Å². The van der Waals surface area contributed by atoms with E-state index in [0.29, 0.717) is 5.82 Å². The van der Waals surface area contributed by atoms with E-state index in [1.54, 1.807) is 6.92 Å². The minimum Gasteiger partial charge on any atom is -0.480 e. The van der Waals surface area contributed by atoms with Crippen LogP contribution in [-0.4, -0.2) is 44.9 Å². The number of carbonyl (C=O) groups is 2. The topological polar surface area (TPSA) is 103 Å². The molecule has 1 atom stereocenters. The number of hydrogen-bond acceptors (Lipinski definition) is 4. The molecule has 0 aliphatic rings. The van der Waals surface area contributed by atoms with E-state index in [-0.39, 0.29) is 16.7 Å². The molecule has 0 fully saturated rings. The fraction of sp³-hybridized carbons (Fsp3) is 0.571. The highest BCUT2D eigenvalue weighted by Crippen LogP contribution is 2.17. The van der Waals surface area contributed by atoms with Gasteiger partial charge in [-0.15, -0.1) is 0 Å². The molecule has 0 radical (unpaired) electrons. The molecule has 1 aromatic rings. The number of likely N-dealkylation sites (N-methyl/N-ethyl adjacent to an activating group) is 1. The Morgan fingerprint density at radius 1 is 1.33 bits per heavy atom. The summed E-state index contributed by atoms with van der Waals surface area (Å²) in [6, 6.07) is -1.03. The molecule has 0 saturated carbocycles. The maximum atomic E-state index is 12.3. The quantitative estimate of drug-likeness (QED) is 0.863. The standard InChI is InChI=1S/C14H21N3O4/c1-7-9(11(19)17(6)8(2)12(20)21)10(18)16-13(15-7)14(3,4)5/h8H,1-6H3,(H,20,21)(H,15,16,18). The largest absolute Gasteiger partial charge is 0.480 e. The average Bonchev–Trinajstić information content (AvgIpc) is 2.34. The van der Waals surface area contributed by atoms with E-state index >= 15 is 0 Å². The number of amides is 1. The van der Waals surface area contributed by atoms with Crippen molar-refractivity contribution in [1.82, 2.24) is 14.9 Å². The van der Waals surface area contributed by atoms with Gasteiger partial charge in [-0.1, -0.05) is 20.8 Å². The summed E-state index contributed by atoms with van der Waals surface area (Å²) in [6.07, 6.45) is 0. The molecule has 0 aliphatic heterocycles. The Kier molecular flexibility index (Phi) is 4.56. The summed E-state index contributed by atoms with van der Waals surface area (Å²) in [4.78, 5) is 43.3. The third kappa shape index (κ3) is 3.48. The van der Waals surface area contributed by atoms with Crippen molar-refractivity contribution in [3.8, 4) is 0 Å². The van der Waals surface area contributed by atoms with Crippen LogP contribution >= 0.6 is 0 Å². The van der Waals surface area contributed by atoms with Gasteiger partial charge in [0, 0.05) is 12.5 Å². The van der Waals surface area contributed by atoms with Gasteiger partial charge in [-0.3, -0.25) is 9.59 Å². The van der Waals surface area contributed by atoms with Crippen molar-refractivity contribution in [3.63, 3.8) is 0 Å². The van der Waals surface area contributed by atoms with E-state index in [2.05, 4.69) is 9.97 Å². The number of H-pyrrole nitrogens is 1. The lowest BCUT2D eigenvalue weighted by molar-refractivity contribution is -0.141. The highest BCUT2D eigenvalue weighted by atomic mass is 16.4. The van der Waals surface area contributed by atoms with Crippen molar-refractivity contribution in [1.29, 1.82) is 0 Å². The zero-order chi connectivity index (χ0) is 16.5. The third-order valence-corrected chi connectivity index (χ3v) is 3.28. The van der Waals surface area contributed by atoms with Gasteiger partial charge in [-0.25, -0.2) is 9.78 Å². The van der Waals surface area contributed by atoms with Crippen molar-refractivity contribution < 1.29 is 14.7 Å². The Hall–Kier alpha value is -2.18. The summed E-state index contributed by atoms with van der Waals surface area (Å²) in [5.74, 6) is -1.31. The molecule has 1 heterocycles. The molecular weight excluding hydrogens is 274 g/mol. The Bertz CT molecular complexity index is 628. The van der Waals surface area contributed by atoms with Gasteiger partial charge in [0.25, 0.3) is 11.5 Å². The molecule has 7 nitrogen and oxygen atoms in total. The summed E-state index contributed by atoms with van der Waals surface area (Å²) in [6.45, 7) is 8.62. The van der Waals surface area contributed by atoms with Crippen LogP contribution in [0.5, 0.6) is 0 Å². The number of nitrogens with one attached hydrogen (secondary N) is 1. The lowest BCUT2D eigenvalue weighted by Gasteiger charge is -2.23. The summed E-state index contributed by atoms with van der Waals surface area (Å²) in [7, 11) is 1.34. The first kappa shape index (κ1) is 16.9. The van der Waals surface area contributed by atoms with Gasteiger partial charge in [0.1, 0.15) is 17.4 Å². The molecule has 0 aromatic carbocycles. The second kappa shape index (κ2) is 5.67. The number of aliphatic carboxylic acids is 1. The van der Waals surface area contributed by atoms with E-state index < -0.39 is 23.5 Å². The lowest BCUT2D eigenvalue weighted by Crippen LogP contribution is -2.43. The fourth-order valence-corrected chi connectivity index (χ4v) is 1.71. The minimum absolute atomic E-state index is 0.126. The SMILES string of the molecule is Cc1nc(C(C)(C)C)[nH]c(=O)c1C(=O)N(C)C(C)C(=O)O. The fourth-order valence-electron chi connectivity index (χ4n) is 1.71. The first-order valence-corrected chi connectivity index (χ1v) is 6.58. The predicted octanol–water partition coefficient (Wildman–Crippen LogP) is 0.921. The maximum absolute atomic E-state index is 12.3. The van der Waals surface area contributed by atoms with Crippen molar-refractivity contribution in [2.75, 3.05) is 7.05 Å². The van der Waals surface area contributed by atoms with Gasteiger partial charge in [-0.05, 0) is 13.8 Å². The van der Waals surface area contributed by atoms with E-state index in [4.69, 9.17) is 5.11 Å². The summed E-state index contributed by atoms with van der Waals surface area (Å²) in [5.41, 5.74) is -0.746. The zero-order valence-electron chi connectivity index (χ0n) is 13.1. The molecule has 0 aliphatic carbocycles. The first-order chi connectivity index (χ1) is 9.46. The molecule has 1 amide bonds. The number of hydrogen-bond donors (Lipinski definition) is 2. The number of rotatable bonds is 3. The van der Waals surface area contributed by atoms with Crippen LogP contribution in [0.4, 0.5) is 0 Å². The second-order valence-corrected chi connectivity index (χ2v) is 6.06. The number of aromatic amines is 1. The Morgan fingerprint density at radius 2 is 1.86 bits per heavy atom. The zero-order valence-corrected chi connectivity index (χ0v) is 13.1. The Balaban J connectivity index is 3.30. The minimum atomic E-state index is -1.14. The number of aryl methyl sites for hydroxylation is 1. The summed E-state index contributed by atoms with van der Waals surface area (Å²) >= 11 is 0. The number of carbonyl (C=O) groups excluding carboxylic acids is 1. The van der Waals surface area contributed by atoms with Crippen LogP contribution in [0.1, 0.15) is 49.6 Å². The predicted molar refractivity (Wildman–Crippen MR) is 77.5 cm³/mol. The van der Waals surface area contributed by atoms with E-state index in [1.807, 2.05) is 20.8 Å². The normalized spacial score (nSPS) is 12.9. The molecule has 0 bridgehead atoms. The summed E-state index contributed by atoms with van der Waals surface area (Å²) < 4.78 is 0. The highest BCUT2D eigenvalue weighted by Gasteiger charge is 2.28. The van der Waals surface area contributed by atoms with E-state index in [9.17, 15) is 14.4 Å². The molecule has 2 N–H and O–H groups in total. The number of carboxylic acids is 1. The van der Waals surface area contributed by atoms with Gasteiger partial charge in [0.2, 0.25) is 0 Å². The van der Waals surface area contributed by atoms with Crippen molar-refractivity contribution in [2.45, 2.75) is 46.1 Å². The van der Waals surface area contributed by atoms with Crippen LogP contribution in [0.3, 0.4) is 0 Å². The molecule has 1 rings (SSSR count). The van der Waals surface area contributed by atoms with Gasteiger partial charge >= 0.3 is 5.97 Å². The average molecular weight is 295 g/mol. The van der Waals surface area contributed by atoms with E-state index in [1.165, 1.54) is 14.0 Å². The van der Waals surface area contributed by atoms with Gasteiger partial charge in [0.05, 0.1) is 5.69 Å². The number of carboxylic acid groups (broad SMARTS) is 1. The van der Waals surface area contributed by atoms with Crippen LogP contribution in [0, 0.1) is 6.92 Å². The lowest BCUT2D eigenvalue weighted by atomic mass is 9.95. The van der Waals surface area contributed by atoms with Crippen molar-refractivity contribution >= 4 is 11.9 Å². The number of nitrogens with zero attached hydrogens (tertiary/aromatic N) is 2. The highest BCUT2D eigenvalue weighted by molar-refractivity contribution is 5.96. The first-order valence-electron chi connectivity index (χ1n) is 6.58. The molecule has 1 unspecified atom stereocenters. The molecule has 7 heteroatoms. The molecular formula is C14H21N3O4. The smallest absolute Gasteiger partial charge is 0.326 e. The van der Waals surface area contributed by atoms with Crippen molar-refractivity contribution in [2.24, 2.45) is 0 Å². The Morgan fingerprint density at radius 3 is 2.24 bits per heavy atom. The molecule has 0 saturated heterocycles. The van der Waals surface area contributed by atoms with E-state index in [0.717, 1.165) is 4.90 Å². The molecule has 21 heavy (non-hydrogen) atoms. The maximum Gasteiger partial charge on any atom is 0.326 e. The van der Waals surface area contributed by atoms with Crippen LogP contribution < -0.4 is 5.56 Å². The van der Waals surface area contributed by atoms with Gasteiger partial charge in [0.15, 0.2) is 0 Å². The third-order valence-electron chi connectivity index (χ3n) is 3.28. The van der Waals surface area contributed by atoms with Gasteiger partial charge < -0.3 is 15.0 Å².